The Morgan fingerprint density at radius 3 is 1.33 bits per heavy atom. The van der Waals surface area contributed by atoms with Crippen LogP contribution in [0.2, 0.25) is 0 Å². The molecule has 0 aromatic rings. The van der Waals surface area contributed by atoms with Crippen molar-refractivity contribution in [3.8, 4) is 0 Å². The fraction of sp³-hybridized carbons (Fsp3) is 1.00. The van der Waals surface area contributed by atoms with E-state index in [-0.39, 0.29) is 29.6 Å². The van der Waals surface area contributed by atoms with Crippen molar-refractivity contribution in [2.75, 3.05) is 0 Å². The third kappa shape index (κ3) is 6.04. The first-order chi connectivity index (χ1) is 4.65. The van der Waals surface area contributed by atoms with Gasteiger partial charge in [0.25, 0.3) is 0 Å². The fourth-order valence-electron chi connectivity index (χ4n) is 0.199. The Morgan fingerprint density at radius 1 is 0.917 bits per heavy atom. The molecule has 70 valence electrons. The van der Waals surface area contributed by atoms with Crippen molar-refractivity contribution >= 4 is 29.6 Å². The molecule has 0 aliphatic rings. The summed E-state index contributed by atoms with van der Waals surface area (Å²) < 4.78 is 79.1. The van der Waals surface area contributed by atoms with Gasteiger partial charge in [0.2, 0.25) is 0 Å². The van der Waals surface area contributed by atoms with Crippen LogP contribution in [0.15, 0.2) is 0 Å². The van der Waals surface area contributed by atoms with Crippen LogP contribution in [0.4, 0.5) is 30.7 Å². The topological polar surface area (TPSA) is 9.23 Å². The summed E-state index contributed by atoms with van der Waals surface area (Å²) >= 11 is 0. The zero-order valence-corrected chi connectivity index (χ0v) is 4.63. The third-order valence-electron chi connectivity index (χ3n) is 0.506. The van der Waals surface area contributed by atoms with Crippen molar-refractivity contribution in [3.63, 3.8) is 0 Å². The molecule has 0 rings (SSSR count). The second kappa shape index (κ2) is 4.64. The van der Waals surface area contributed by atoms with Crippen molar-refractivity contribution in [1.82, 2.24) is 0 Å². The SMILES string of the molecule is FC(F)C(F)(F)OC(F)(F)F.[NaH]. The molecule has 0 unspecified atom stereocenters. The van der Waals surface area contributed by atoms with Crippen LogP contribution in [0, 0.1) is 0 Å². The molecule has 0 heterocycles. The molecule has 0 aliphatic heterocycles. The molecule has 0 saturated carbocycles. The van der Waals surface area contributed by atoms with Gasteiger partial charge in [0, 0.05) is 0 Å². The van der Waals surface area contributed by atoms with Gasteiger partial charge in [-0.15, -0.1) is 13.2 Å². The number of hydrogen-bond acceptors (Lipinski definition) is 1. The number of hydrogen-bond donors (Lipinski definition) is 0. The monoisotopic (exact) mass is 210 g/mol. The van der Waals surface area contributed by atoms with Gasteiger partial charge in [0.15, 0.2) is 0 Å². The average molecular weight is 210 g/mol. The Balaban J connectivity index is 0. The van der Waals surface area contributed by atoms with Crippen molar-refractivity contribution < 1.29 is 35.5 Å². The molecule has 0 radical (unpaired) electrons. The van der Waals surface area contributed by atoms with Gasteiger partial charge in [0.1, 0.15) is 0 Å². The molecular formula is C3H2F7NaO. The van der Waals surface area contributed by atoms with E-state index in [1.165, 1.54) is 0 Å². The van der Waals surface area contributed by atoms with Crippen LogP contribution in [0.25, 0.3) is 0 Å². The molecular weight excluding hydrogens is 208 g/mol. The molecule has 0 aromatic heterocycles. The van der Waals surface area contributed by atoms with Crippen molar-refractivity contribution in [3.05, 3.63) is 0 Å². The van der Waals surface area contributed by atoms with E-state index in [4.69, 9.17) is 0 Å². The molecule has 0 amide bonds. The van der Waals surface area contributed by atoms with Gasteiger partial charge < -0.3 is 0 Å². The van der Waals surface area contributed by atoms with Gasteiger partial charge >= 0.3 is 48.5 Å². The maximum atomic E-state index is 11.4. The Bertz CT molecular complexity index is 131. The van der Waals surface area contributed by atoms with E-state index in [1.807, 2.05) is 0 Å². The van der Waals surface area contributed by atoms with E-state index >= 15 is 0 Å². The molecule has 0 fully saturated rings. The van der Waals surface area contributed by atoms with E-state index in [9.17, 15) is 30.7 Å². The van der Waals surface area contributed by atoms with Crippen LogP contribution in [-0.2, 0) is 4.74 Å². The van der Waals surface area contributed by atoms with Crippen LogP contribution in [0.1, 0.15) is 0 Å². The van der Waals surface area contributed by atoms with E-state index in [2.05, 4.69) is 0 Å². The minimum absolute atomic E-state index is 0. The molecule has 12 heavy (non-hydrogen) atoms. The number of alkyl halides is 7. The average Bonchev–Trinajstić information content (AvgIpc) is 1.56. The summed E-state index contributed by atoms with van der Waals surface area (Å²) in [5.41, 5.74) is 0. The van der Waals surface area contributed by atoms with Crippen LogP contribution in [-0.4, -0.2) is 48.5 Å². The van der Waals surface area contributed by atoms with Crippen LogP contribution >= 0.6 is 0 Å². The Labute approximate surface area is 84.2 Å². The summed E-state index contributed by atoms with van der Waals surface area (Å²) in [6.07, 6.45) is -15.7. The molecule has 1 nitrogen and oxygen atoms in total. The Morgan fingerprint density at radius 2 is 1.25 bits per heavy atom. The Kier molecular flexibility index (Phi) is 5.78. The molecule has 0 spiro atoms. The summed E-state index contributed by atoms with van der Waals surface area (Å²) in [5, 5.41) is 0. The molecule has 0 aromatic carbocycles. The first kappa shape index (κ1) is 15.0. The van der Waals surface area contributed by atoms with E-state index < -0.39 is 18.9 Å². The second-order valence-corrected chi connectivity index (χ2v) is 1.41. The van der Waals surface area contributed by atoms with Gasteiger partial charge in [-0.25, -0.2) is 13.5 Å². The van der Waals surface area contributed by atoms with Crippen LogP contribution in [0.3, 0.4) is 0 Å². The van der Waals surface area contributed by atoms with Crippen molar-refractivity contribution in [1.29, 1.82) is 0 Å². The second-order valence-electron chi connectivity index (χ2n) is 1.41. The van der Waals surface area contributed by atoms with Gasteiger partial charge in [-0.3, -0.25) is 0 Å². The third-order valence-corrected chi connectivity index (χ3v) is 0.506. The maximum absolute atomic E-state index is 11.4. The normalized spacial score (nSPS) is 13.0. The molecule has 9 heteroatoms. The number of halogens is 7. The summed E-state index contributed by atoms with van der Waals surface area (Å²) in [7, 11) is 0. The zero-order valence-electron chi connectivity index (χ0n) is 4.63. The van der Waals surface area contributed by atoms with E-state index in [1.54, 1.807) is 4.74 Å². The summed E-state index contributed by atoms with van der Waals surface area (Å²) in [4.78, 5) is 0. The van der Waals surface area contributed by atoms with Gasteiger partial charge in [0.05, 0.1) is 0 Å². The van der Waals surface area contributed by atoms with E-state index in [0.29, 0.717) is 0 Å². The molecule has 0 N–H and O–H groups in total. The predicted octanol–water partition coefficient (Wildman–Crippen LogP) is 1.73. The molecule has 0 saturated heterocycles. The zero-order chi connectivity index (χ0) is 9.28. The van der Waals surface area contributed by atoms with Gasteiger partial charge in [-0.05, 0) is 0 Å². The van der Waals surface area contributed by atoms with Crippen LogP contribution < -0.4 is 0 Å². The molecule has 0 bridgehead atoms. The van der Waals surface area contributed by atoms with Gasteiger partial charge in [-0.1, -0.05) is 0 Å². The first-order valence-corrected chi connectivity index (χ1v) is 2.08. The minimum atomic E-state index is -5.76. The number of ether oxygens (including phenoxy) is 1. The molecule has 0 aliphatic carbocycles. The molecule has 0 atom stereocenters. The van der Waals surface area contributed by atoms with Crippen LogP contribution in [0.5, 0.6) is 0 Å². The number of rotatable bonds is 2. The summed E-state index contributed by atoms with van der Waals surface area (Å²) in [5.74, 6) is 0. The predicted molar refractivity (Wildman–Crippen MR) is 25.2 cm³/mol. The van der Waals surface area contributed by atoms with E-state index in [0.717, 1.165) is 0 Å². The van der Waals surface area contributed by atoms with Crippen molar-refractivity contribution in [2.24, 2.45) is 0 Å². The first-order valence-electron chi connectivity index (χ1n) is 2.08. The summed E-state index contributed by atoms with van der Waals surface area (Å²) in [6, 6.07) is 0. The Hall–Kier alpha value is 0.470. The fourth-order valence-corrected chi connectivity index (χ4v) is 0.199. The quantitative estimate of drug-likeness (QED) is 0.498. The van der Waals surface area contributed by atoms with Gasteiger partial charge in [-0.2, -0.15) is 8.78 Å². The summed E-state index contributed by atoms with van der Waals surface area (Å²) in [6.45, 7) is 0. The standard InChI is InChI=1S/C3HF7O.Na.H/c4-1(5)2(6,7)11-3(8,9)10;;/h1H;;. The van der Waals surface area contributed by atoms with Crippen molar-refractivity contribution in [2.45, 2.75) is 18.9 Å².